The second-order valence-corrected chi connectivity index (χ2v) is 8.12. The van der Waals surface area contributed by atoms with Gasteiger partial charge in [-0.15, -0.1) is 0 Å². The molecule has 2 amide bonds. The second kappa shape index (κ2) is 11.6. The van der Waals surface area contributed by atoms with Crippen LogP contribution in [-0.4, -0.2) is 25.0 Å². The molecule has 3 aromatic rings. The highest BCUT2D eigenvalue weighted by molar-refractivity contribution is 6.42. The van der Waals surface area contributed by atoms with Gasteiger partial charge in [0.25, 0.3) is 0 Å². The van der Waals surface area contributed by atoms with Crippen molar-refractivity contribution in [3.8, 4) is 5.75 Å². The number of hydrogen-bond donors (Lipinski definition) is 2. The second-order valence-electron chi connectivity index (χ2n) is 7.30. The minimum Gasteiger partial charge on any atom is -0.497 e. The number of carbonyl (C=O) groups excluding carboxylic acids is 2. The molecule has 7 heteroatoms. The third kappa shape index (κ3) is 7.01. The smallest absolute Gasteiger partial charge is 0.243 e. The Hall–Kier alpha value is -3.02. The summed E-state index contributed by atoms with van der Waals surface area (Å²) in [7, 11) is 1.59. The van der Waals surface area contributed by atoms with E-state index in [1.807, 2.05) is 42.5 Å². The van der Waals surface area contributed by atoms with Gasteiger partial charge >= 0.3 is 0 Å². The minimum absolute atomic E-state index is 0.147. The van der Waals surface area contributed by atoms with E-state index >= 15 is 0 Å². The SMILES string of the molecule is COc1ccc(CC(=O)NC(Cc2ccc(Cl)c(Cl)c2)C(=O)NCc2ccccc2)cc1. The lowest BCUT2D eigenvalue weighted by Gasteiger charge is -2.19. The lowest BCUT2D eigenvalue weighted by Crippen LogP contribution is -2.48. The predicted octanol–water partition coefficient (Wildman–Crippen LogP) is 4.59. The van der Waals surface area contributed by atoms with E-state index in [0.717, 1.165) is 16.7 Å². The molecule has 32 heavy (non-hydrogen) atoms. The largest absolute Gasteiger partial charge is 0.497 e. The van der Waals surface area contributed by atoms with Crippen molar-refractivity contribution >= 4 is 35.0 Å². The Morgan fingerprint density at radius 1 is 0.875 bits per heavy atom. The zero-order valence-electron chi connectivity index (χ0n) is 17.6. The van der Waals surface area contributed by atoms with Crippen LogP contribution in [0.3, 0.4) is 0 Å². The van der Waals surface area contributed by atoms with Gasteiger partial charge in [-0.25, -0.2) is 0 Å². The number of rotatable bonds is 9. The first-order valence-electron chi connectivity index (χ1n) is 10.1. The zero-order chi connectivity index (χ0) is 22.9. The monoisotopic (exact) mass is 470 g/mol. The average molecular weight is 471 g/mol. The molecule has 3 rings (SSSR count). The van der Waals surface area contributed by atoms with Crippen LogP contribution in [0.4, 0.5) is 0 Å². The molecule has 2 N–H and O–H groups in total. The number of halogens is 2. The number of hydrogen-bond acceptors (Lipinski definition) is 3. The highest BCUT2D eigenvalue weighted by Crippen LogP contribution is 2.23. The number of carbonyl (C=O) groups is 2. The Bertz CT molecular complexity index is 1060. The van der Waals surface area contributed by atoms with Crippen LogP contribution in [0.15, 0.2) is 72.8 Å². The Balaban J connectivity index is 1.69. The molecule has 3 aromatic carbocycles. The molecule has 0 radical (unpaired) electrons. The Morgan fingerprint density at radius 3 is 2.22 bits per heavy atom. The summed E-state index contributed by atoms with van der Waals surface area (Å²) < 4.78 is 5.14. The number of benzene rings is 3. The first-order chi connectivity index (χ1) is 15.4. The number of amides is 2. The van der Waals surface area contributed by atoms with Crippen molar-refractivity contribution < 1.29 is 14.3 Å². The molecule has 0 spiro atoms. The van der Waals surface area contributed by atoms with Crippen LogP contribution in [0.5, 0.6) is 5.75 Å². The lowest BCUT2D eigenvalue weighted by molar-refractivity contribution is -0.128. The summed E-state index contributed by atoms with van der Waals surface area (Å²) in [6, 6.07) is 21.2. The van der Waals surface area contributed by atoms with Crippen molar-refractivity contribution in [1.82, 2.24) is 10.6 Å². The van der Waals surface area contributed by atoms with E-state index < -0.39 is 6.04 Å². The van der Waals surface area contributed by atoms with Crippen molar-refractivity contribution in [2.45, 2.75) is 25.4 Å². The summed E-state index contributed by atoms with van der Waals surface area (Å²) in [5, 5.41) is 6.59. The summed E-state index contributed by atoms with van der Waals surface area (Å²) in [5.74, 6) is 0.185. The summed E-state index contributed by atoms with van der Waals surface area (Å²) in [5.41, 5.74) is 2.59. The van der Waals surface area contributed by atoms with E-state index in [0.29, 0.717) is 22.3 Å². The molecular weight excluding hydrogens is 447 g/mol. The van der Waals surface area contributed by atoms with Crippen LogP contribution in [0.1, 0.15) is 16.7 Å². The van der Waals surface area contributed by atoms with Gasteiger partial charge in [0.2, 0.25) is 11.8 Å². The van der Waals surface area contributed by atoms with Crippen LogP contribution in [0.2, 0.25) is 10.0 Å². The maximum atomic E-state index is 12.9. The normalized spacial score (nSPS) is 11.5. The van der Waals surface area contributed by atoms with E-state index in [4.69, 9.17) is 27.9 Å². The molecule has 0 saturated carbocycles. The van der Waals surface area contributed by atoms with Gasteiger partial charge in [-0.05, 0) is 41.0 Å². The lowest BCUT2D eigenvalue weighted by atomic mass is 10.0. The number of nitrogens with one attached hydrogen (secondary N) is 2. The molecular formula is C25H24Cl2N2O3. The van der Waals surface area contributed by atoms with Crippen molar-refractivity contribution in [2.75, 3.05) is 7.11 Å². The molecule has 0 aliphatic carbocycles. The van der Waals surface area contributed by atoms with Gasteiger partial charge in [0.1, 0.15) is 11.8 Å². The molecule has 0 aromatic heterocycles. The minimum atomic E-state index is -0.762. The van der Waals surface area contributed by atoms with E-state index in [1.165, 1.54) is 0 Å². The fraction of sp³-hybridized carbons (Fsp3) is 0.200. The summed E-state index contributed by atoms with van der Waals surface area (Å²) >= 11 is 12.1. The molecule has 0 heterocycles. The standard InChI is InChI=1S/C25H24Cl2N2O3/c1-32-20-10-7-17(8-11-20)15-24(30)29-23(14-19-9-12-21(26)22(27)13-19)25(31)28-16-18-5-3-2-4-6-18/h2-13,23H,14-16H2,1H3,(H,28,31)(H,29,30). The molecule has 0 fully saturated rings. The molecule has 0 aliphatic rings. The first-order valence-corrected chi connectivity index (χ1v) is 10.9. The summed E-state index contributed by atoms with van der Waals surface area (Å²) in [4.78, 5) is 25.6. The van der Waals surface area contributed by atoms with E-state index in [1.54, 1.807) is 37.4 Å². The van der Waals surface area contributed by atoms with Crippen LogP contribution in [-0.2, 0) is 29.0 Å². The fourth-order valence-electron chi connectivity index (χ4n) is 3.19. The summed E-state index contributed by atoms with van der Waals surface area (Å²) in [6.07, 6.45) is 0.430. The Kier molecular flexibility index (Phi) is 8.54. The molecule has 0 bridgehead atoms. The van der Waals surface area contributed by atoms with Gasteiger partial charge in [-0.1, -0.05) is 71.7 Å². The first kappa shape index (κ1) is 23.6. The summed E-state index contributed by atoms with van der Waals surface area (Å²) in [6.45, 7) is 0.367. The number of methoxy groups -OCH3 is 1. The van der Waals surface area contributed by atoms with Crippen LogP contribution in [0, 0.1) is 0 Å². The Morgan fingerprint density at radius 2 is 1.56 bits per heavy atom. The predicted molar refractivity (Wildman–Crippen MR) is 127 cm³/mol. The van der Waals surface area contributed by atoms with Crippen molar-refractivity contribution in [3.05, 3.63) is 99.5 Å². The molecule has 0 saturated heterocycles. The van der Waals surface area contributed by atoms with Gasteiger partial charge in [0.15, 0.2) is 0 Å². The Labute approximate surface area is 197 Å². The maximum absolute atomic E-state index is 12.9. The van der Waals surface area contributed by atoms with Crippen LogP contribution < -0.4 is 15.4 Å². The van der Waals surface area contributed by atoms with Crippen molar-refractivity contribution in [1.29, 1.82) is 0 Å². The highest BCUT2D eigenvalue weighted by atomic mass is 35.5. The van der Waals surface area contributed by atoms with Crippen LogP contribution >= 0.6 is 23.2 Å². The molecule has 5 nitrogen and oxygen atoms in total. The third-order valence-corrected chi connectivity index (χ3v) is 5.65. The quantitative estimate of drug-likeness (QED) is 0.480. The van der Waals surface area contributed by atoms with Gasteiger partial charge < -0.3 is 15.4 Å². The van der Waals surface area contributed by atoms with Crippen LogP contribution in [0.25, 0.3) is 0 Å². The molecule has 166 valence electrons. The van der Waals surface area contributed by atoms with Gasteiger partial charge in [0, 0.05) is 13.0 Å². The third-order valence-electron chi connectivity index (χ3n) is 4.91. The topological polar surface area (TPSA) is 67.4 Å². The van der Waals surface area contributed by atoms with E-state index in [-0.39, 0.29) is 24.7 Å². The zero-order valence-corrected chi connectivity index (χ0v) is 19.1. The van der Waals surface area contributed by atoms with E-state index in [2.05, 4.69) is 10.6 Å². The molecule has 1 atom stereocenters. The maximum Gasteiger partial charge on any atom is 0.243 e. The van der Waals surface area contributed by atoms with Gasteiger partial charge in [-0.3, -0.25) is 9.59 Å². The fourth-order valence-corrected chi connectivity index (χ4v) is 3.51. The van der Waals surface area contributed by atoms with Crippen molar-refractivity contribution in [2.24, 2.45) is 0 Å². The van der Waals surface area contributed by atoms with Gasteiger partial charge in [0.05, 0.1) is 23.6 Å². The van der Waals surface area contributed by atoms with Crippen molar-refractivity contribution in [3.63, 3.8) is 0 Å². The highest BCUT2D eigenvalue weighted by Gasteiger charge is 2.21. The molecule has 0 aliphatic heterocycles. The number of ether oxygens (including phenoxy) is 1. The molecule has 1 unspecified atom stereocenters. The average Bonchev–Trinajstić information content (AvgIpc) is 2.80. The van der Waals surface area contributed by atoms with Gasteiger partial charge in [-0.2, -0.15) is 0 Å². The van der Waals surface area contributed by atoms with E-state index in [9.17, 15) is 9.59 Å².